The molecule has 0 atom stereocenters. The van der Waals surface area contributed by atoms with Crippen LogP contribution in [0.3, 0.4) is 0 Å². The number of hydrogen-bond donors (Lipinski definition) is 0. The lowest BCUT2D eigenvalue weighted by atomic mass is 10.2. The van der Waals surface area contributed by atoms with E-state index in [0.29, 0.717) is 10.8 Å². The molecule has 2 aromatic carbocycles. The number of halogens is 2. The topological polar surface area (TPSA) is 44.8 Å². The van der Waals surface area contributed by atoms with Gasteiger partial charge in [-0.3, -0.25) is 4.89 Å². The zero-order valence-electron chi connectivity index (χ0n) is 10.4. The van der Waals surface area contributed by atoms with Crippen molar-refractivity contribution in [2.75, 3.05) is 7.11 Å². The van der Waals surface area contributed by atoms with E-state index in [1.54, 1.807) is 36.4 Å². The van der Waals surface area contributed by atoms with E-state index >= 15 is 0 Å². The number of methoxy groups -OCH3 is 1. The summed E-state index contributed by atoms with van der Waals surface area (Å²) in [5.74, 6) is -0.0734. The van der Waals surface area contributed by atoms with Gasteiger partial charge in [0.15, 0.2) is 0 Å². The highest BCUT2D eigenvalue weighted by Gasteiger charge is 2.13. The third kappa shape index (κ3) is 3.35. The predicted molar refractivity (Wildman–Crippen MR) is 75.5 cm³/mol. The summed E-state index contributed by atoms with van der Waals surface area (Å²) >= 11 is 11.8. The Morgan fingerprint density at radius 2 is 1.75 bits per heavy atom. The van der Waals surface area contributed by atoms with Crippen molar-refractivity contribution in [2.24, 2.45) is 0 Å². The molecule has 0 saturated heterocycles. The fourth-order valence-electron chi connectivity index (χ4n) is 1.46. The van der Waals surface area contributed by atoms with Crippen LogP contribution in [0.15, 0.2) is 42.5 Å². The van der Waals surface area contributed by atoms with Gasteiger partial charge in [0, 0.05) is 5.02 Å². The molecule has 104 valence electrons. The van der Waals surface area contributed by atoms with Crippen molar-refractivity contribution in [1.29, 1.82) is 0 Å². The summed E-state index contributed by atoms with van der Waals surface area (Å²) in [4.78, 5) is 21.4. The zero-order chi connectivity index (χ0) is 14.5. The molecule has 0 radical (unpaired) electrons. The summed E-state index contributed by atoms with van der Waals surface area (Å²) in [5, 5.41) is 0.646. The standard InChI is InChI=1S/C14H10Cl2O4/c1-18-11-6-3-7-12(13(11)16)19-20-14(17)9-4-2-5-10(15)8-9/h2-8H,1H3. The lowest BCUT2D eigenvalue weighted by Crippen LogP contribution is -2.08. The Balaban J connectivity index is 2.07. The van der Waals surface area contributed by atoms with Gasteiger partial charge in [0.2, 0.25) is 5.75 Å². The molecule has 0 aliphatic carbocycles. The third-order valence-electron chi connectivity index (χ3n) is 2.42. The molecule has 0 saturated carbocycles. The van der Waals surface area contributed by atoms with Crippen LogP contribution in [0.4, 0.5) is 0 Å². The maximum atomic E-state index is 11.8. The molecule has 2 rings (SSSR count). The summed E-state index contributed by atoms with van der Waals surface area (Å²) < 4.78 is 5.02. The molecule has 0 aromatic heterocycles. The SMILES string of the molecule is COc1cccc(OOC(=O)c2cccc(Cl)c2)c1Cl. The fourth-order valence-corrected chi connectivity index (χ4v) is 1.88. The Labute approximate surface area is 125 Å². The first-order chi connectivity index (χ1) is 9.61. The van der Waals surface area contributed by atoms with Crippen LogP contribution in [0, 0.1) is 0 Å². The maximum Gasteiger partial charge on any atom is 0.386 e. The van der Waals surface area contributed by atoms with E-state index in [-0.39, 0.29) is 16.3 Å². The zero-order valence-corrected chi connectivity index (χ0v) is 11.9. The Kier molecular flexibility index (Phi) is 4.71. The van der Waals surface area contributed by atoms with Crippen molar-refractivity contribution >= 4 is 29.2 Å². The summed E-state index contributed by atoms with van der Waals surface area (Å²) in [6.45, 7) is 0. The van der Waals surface area contributed by atoms with Crippen LogP contribution in [-0.2, 0) is 4.89 Å². The number of benzene rings is 2. The minimum Gasteiger partial charge on any atom is -0.495 e. The summed E-state index contributed by atoms with van der Waals surface area (Å²) in [6, 6.07) is 11.2. The van der Waals surface area contributed by atoms with Crippen molar-refractivity contribution in [3.63, 3.8) is 0 Å². The van der Waals surface area contributed by atoms with Crippen LogP contribution >= 0.6 is 23.2 Å². The molecule has 0 fully saturated rings. The number of ether oxygens (including phenoxy) is 1. The van der Waals surface area contributed by atoms with Gasteiger partial charge in [-0.15, -0.1) is 0 Å². The lowest BCUT2D eigenvalue weighted by molar-refractivity contribution is -0.149. The van der Waals surface area contributed by atoms with E-state index in [2.05, 4.69) is 0 Å². The third-order valence-corrected chi connectivity index (χ3v) is 3.02. The monoisotopic (exact) mass is 312 g/mol. The normalized spacial score (nSPS) is 9.95. The first kappa shape index (κ1) is 14.5. The smallest absolute Gasteiger partial charge is 0.386 e. The number of hydrogen-bond acceptors (Lipinski definition) is 4. The van der Waals surface area contributed by atoms with Gasteiger partial charge in [0.05, 0.1) is 12.7 Å². The summed E-state index contributed by atoms with van der Waals surface area (Å²) in [7, 11) is 1.48. The van der Waals surface area contributed by atoms with Crippen LogP contribution in [0.5, 0.6) is 11.5 Å². The van der Waals surface area contributed by atoms with E-state index in [4.69, 9.17) is 37.7 Å². The molecular weight excluding hydrogens is 303 g/mol. The molecule has 6 heteroatoms. The van der Waals surface area contributed by atoms with Crippen LogP contribution in [0.1, 0.15) is 10.4 Å². The van der Waals surface area contributed by atoms with Gasteiger partial charge in [-0.1, -0.05) is 35.3 Å². The lowest BCUT2D eigenvalue weighted by Gasteiger charge is -2.08. The van der Waals surface area contributed by atoms with E-state index in [0.717, 1.165) is 0 Å². The molecule has 2 aromatic rings. The van der Waals surface area contributed by atoms with Crippen molar-refractivity contribution in [1.82, 2.24) is 0 Å². The van der Waals surface area contributed by atoms with Gasteiger partial charge in [-0.2, -0.15) is 0 Å². The van der Waals surface area contributed by atoms with Crippen LogP contribution < -0.4 is 9.62 Å². The second-order valence-electron chi connectivity index (χ2n) is 3.74. The van der Waals surface area contributed by atoms with Gasteiger partial charge < -0.3 is 4.74 Å². The van der Waals surface area contributed by atoms with Gasteiger partial charge in [-0.05, 0) is 30.3 Å². The molecule has 0 aliphatic heterocycles. The van der Waals surface area contributed by atoms with E-state index in [1.807, 2.05) is 0 Å². The highest BCUT2D eigenvalue weighted by atomic mass is 35.5. The van der Waals surface area contributed by atoms with Gasteiger partial charge in [0.25, 0.3) is 0 Å². The number of rotatable bonds is 4. The maximum absolute atomic E-state index is 11.8. The molecule has 0 spiro atoms. The molecular formula is C14H10Cl2O4. The van der Waals surface area contributed by atoms with Crippen LogP contribution in [0.25, 0.3) is 0 Å². The second-order valence-corrected chi connectivity index (χ2v) is 4.55. The van der Waals surface area contributed by atoms with Crippen molar-refractivity contribution < 1.29 is 19.3 Å². The number of carbonyl (C=O) groups is 1. The average Bonchev–Trinajstić information content (AvgIpc) is 2.46. The van der Waals surface area contributed by atoms with Crippen molar-refractivity contribution in [3.05, 3.63) is 58.1 Å². The molecule has 0 N–H and O–H groups in total. The minimum atomic E-state index is -0.675. The largest absolute Gasteiger partial charge is 0.495 e. The van der Waals surface area contributed by atoms with E-state index in [1.165, 1.54) is 13.2 Å². The Morgan fingerprint density at radius 3 is 2.45 bits per heavy atom. The fraction of sp³-hybridized carbons (Fsp3) is 0.0714. The van der Waals surface area contributed by atoms with E-state index in [9.17, 15) is 4.79 Å². The molecule has 0 heterocycles. The molecule has 0 unspecified atom stereocenters. The molecule has 20 heavy (non-hydrogen) atoms. The van der Waals surface area contributed by atoms with Gasteiger partial charge >= 0.3 is 5.97 Å². The predicted octanol–water partition coefficient (Wildman–Crippen LogP) is 4.15. The summed E-state index contributed by atoms with van der Waals surface area (Å²) in [5.41, 5.74) is 0.275. The second kappa shape index (κ2) is 6.50. The molecule has 0 aliphatic rings. The first-order valence-electron chi connectivity index (χ1n) is 5.58. The van der Waals surface area contributed by atoms with Crippen molar-refractivity contribution in [2.45, 2.75) is 0 Å². The van der Waals surface area contributed by atoms with Gasteiger partial charge in [0.1, 0.15) is 10.8 Å². The highest BCUT2D eigenvalue weighted by molar-refractivity contribution is 6.33. The Morgan fingerprint density at radius 1 is 1.05 bits per heavy atom. The summed E-state index contributed by atoms with van der Waals surface area (Å²) in [6.07, 6.45) is 0. The molecule has 0 bridgehead atoms. The van der Waals surface area contributed by atoms with Gasteiger partial charge in [-0.25, -0.2) is 9.68 Å². The quantitative estimate of drug-likeness (QED) is 0.628. The van der Waals surface area contributed by atoms with Crippen LogP contribution in [-0.4, -0.2) is 13.1 Å². The molecule has 4 nitrogen and oxygen atoms in total. The van der Waals surface area contributed by atoms with Crippen molar-refractivity contribution in [3.8, 4) is 11.5 Å². The minimum absolute atomic E-state index is 0.182. The highest BCUT2D eigenvalue weighted by Crippen LogP contribution is 2.33. The van der Waals surface area contributed by atoms with E-state index < -0.39 is 5.97 Å². The number of carbonyl (C=O) groups excluding carboxylic acids is 1. The Hall–Kier alpha value is -1.91. The Bertz CT molecular complexity index is 628. The van der Waals surface area contributed by atoms with Crippen LogP contribution in [0.2, 0.25) is 10.0 Å². The average molecular weight is 313 g/mol. The first-order valence-corrected chi connectivity index (χ1v) is 6.34. The molecule has 0 amide bonds.